The van der Waals surface area contributed by atoms with E-state index < -0.39 is 0 Å². The van der Waals surface area contributed by atoms with Gasteiger partial charge in [-0.05, 0) is 10.8 Å². The van der Waals surface area contributed by atoms with Crippen molar-refractivity contribution < 1.29 is 4.18 Å². The Morgan fingerprint density at radius 3 is 3.07 bits per heavy atom. The van der Waals surface area contributed by atoms with Gasteiger partial charge in [0.25, 0.3) is 0 Å². The summed E-state index contributed by atoms with van der Waals surface area (Å²) in [5, 5.41) is 2.74. The van der Waals surface area contributed by atoms with Crippen molar-refractivity contribution in [2.45, 2.75) is 5.25 Å². The van der Waals surface area contributed by atoms with Gasteiger partial charge in [-0.25, -0.2) is 0 Å². The number of hydrogen-bond acceptors (Lipinski definition) is 2. The van der Waals surface area contributed by atoms with E-state index in [1.807, 2.05) is 12.3 Å². The van der Waals surface area contributed by atoms with E-state index >= 15 is 0 Å². The summed E-state index contributed by atoms with van der Waals surface area (Å²) in [6.07, 6.45) is 10.3. The maximum atomic E-state index is 5.48. The van der Waals surface area contributed by atoms with Crippen LogP contribution in [0.15, 0.2) is 48.6 Å². The van der Waals surface area contributed by atoms with E-state index in [1.54, 1.807) is 0 Å². The van der Waals surface area contributed by atoms with E-state index in [0.29, 0.717) is 5.25 Å². The van der Waals surface area contributed by atoms with Gasteiger partial charge in [0.2, 0.25) is 0 Å². The fraction of sp³-hybridized carbons (Fsp3) is 0.0769. The third kappa shape index (κ3) is 1.51. The molecule has 74 valence electrons. The van der Waals surface area contributed by atoms with Crippen LogP contribution in [0.2, 0.25) is 0 Å². The predicted molar refractivity (Wildman–Crippen MR) is 64.3 cm³/mol. The molecule has 0 saturated carbocycles. The molecule has 1 aliphatic carbocycles. The van der Waals surface area contributed by atoms with Gasteiger partial charge >= 0.3 is 0 Å². The minimum Gasteiger partial charge on any atom is -0.432 e. The van der Waals surface area contributed by atoms with Crippen LogP contribution < -0.4 is 10.4 Å². The molecule has 1 nitrogen and oxygen atoms in total. The first-order valence-corrected chi connectivity index (χ1v) is 5.72. The lowest BCUT2D eigenvalue weighted by molar-refractivity contribution is 0.634. The summed E-state index contributed by atoms with van der Waals surface area (Å²) in [6, 6.07) is 8.33. The van der Waals surface area contributed by atoms with Crippen molar-refractivity contribution in [1.29, 1.82) is 0 Å². The van der Waals surface area contributed by atoms with Crippen molar-refractivity contribution in [3.63, 3.8) is 0 Å². The van der Waals surface area contributed by atoms with Crippen LogP contribution >= 0.6 is 12.0 Å². The molecule has 1 unspecified atom stereocenters. The van der Waals surface area contributed by atoms with Gasteiger partial charge in [0.15, 0.2) is 0 Å². The first-order chi connectivity index (χ1) is 7.45. The van der Waals surface area contributed by atoms with E-state index in [1.165, 1.54) is 22.8 Å². The van der Waals surface area contributed by atoms with Crippen molar-refractivity contribution in [2.24, 2.45) is 0 Å². The topological polar surface area (TPSA) is 9.23 Å². The summed E-state index contributed by atoms with van der Waals surface area (Å²) in [7, 11) is 0. The van der Waals surface area contributed by atoms with Crippen LogP contribution in [0.4, 0.5) is 0 Å². The molecule has 3 rings (SSSR count). The van der Waals surface area contributed by atoms with Gasteiger partial charge in [0.1, 0.15) is 6.26 Å². The molecule has 1 heterocycles. The highest BCUT2D eigenvalue weighted by Gasteiger charge is 2.15. The lowest BCUT2D eigenvalue weighted by atomic mass is 10.0. The van der Waals surface area contributed by atoms with Gasteiger partial charge in [-0.1, -0.05) is 48.6 Å². The second kappa shape index (κ2) is 3.63. The molecule has 0 N–H and O–H groups in total. The van der Waals surface area contributed by atoms with E-state index in [4.69, 9.17) is 4.18 Å². The number of allylic oxidation sites excluding steroid dienone is 3. The van der Waals surface area contributed by atoms with Gasteiger partial charge in [-0.15, -0.1) is 0 Å². The fourth-order valence-corrected chi connectivity index (χ4v) is 2.59. The molecule has 0 fully saturated rings. The summed E-state index contributed by atoms with van der Waals surface area (Å²) in [5.41, 5.74) is 1.33. The Hall–Kier alpha value is -1.41. The van der Waals surface area contributed by atoms with Crippen molar-refractivity contribution in [1.82, 2.24) is 0 Å². The molecule has 2 aliphatic rings. The van der Waals surface area contributed by atoms with E-state index in [9.17, 15) is 0 Å². The number of rotatable bonds is 0. The van der Waals surface area contributed by atoms with Crippen LogP contribution in [0.1, 0.15) is 0 Å². The second-order valence-corrected chi connectivity index (χ2v) is 4.41. The quantitative estimate of drug-likeness (QED) is 0.608. The Morgan fingerprint density at radius 1 is 1.13 bits per heavy atom. The molecule has 0 aromatic heterocycles. The molecular formula is C13H10OS. The highest BCUT2D eigenvalue weighted by Crippen LogP contribution is 2.26. The smallest absolute Gasteiger partial charge is 0.109 e. The number of fused-ring (bicyclic) bond motifs is 2. The molecule has 1 atom stereocenters. The summed E-state index contributed by atoms with van der Waals surface area (Å²) < 4.78 is 5.48. The van der Waals surface area contributed by atoms with Crippen molar-refractivity contribution in [2.75, 3.05) is 0 Å². The zero-order valence-electron chi connectivity index (χ0n) is 8.09. The Labute approximate surface area is 92.7 Å². The Bertz CT molecular complexity index is 554. The van der Waals surface area contributed by atoms with Gasteiger partial charge in [-0.2, -0.15) is 0 Å². The Morgan fingerprint density at radius 2 is 2.07 bits per heavy atom. The first kappa shape index (κ1) is 8.86. The van der Waals surface area contributed by atoms with Crippen LogP contribution in [-0.2, 0) is 4.18 Å². The fourth-order valence-electron chi connectivity index (χ4n) is 1.85. The van der Waals surface area contributed by atoms with Crippen molar-refractivity contribution in [3.8, 4) is 0 Å². The molecule has 2 heteroatoms. The standard InChI is InChI=1S/C13H10OS/c1-2-6-11-10(5-1)9-14-15-13-8-4-3-7-12(11)13/h1-9,13H. The van der Waals surface area contributed by atoms with E-state index in [2.05, 4.69) is 42.5 Å². The van der Waals surface area contributed by atoms with Crippen LogP contribution in [0.3, 0.4) is 0 Å². The summed E-state index contributed by atoms with van der Waals surface area (Å²) in [5.74, 6) is 0. The molecule has 1 aliphatic heterocycles. The number of hydrogen-bond donors (Lipinski definition) is 0. The minimum absolute atomic E-state index is 0.315. The zero-order valence-corrected chi connectivity index (χ0v) is 8.91. The normalized spacial score (nSPS) is 22.1. The van der Waals surface area contributed by atoms with Crippen LogP contribution in [-0.4, -0.2) is 5.25 Å². The molecule has 0 spiro atoms. The van der Waals surface area contributed by atoms with E-state index in [0.717, 1.165) is 5.22 Å². The molecule has 15 heavy (non-hydrogen) atoms. The van der Waals surface area contributed by atoms with Crippen LogP contribution in [0, 0.1) is 0 Å². The van der Waals surface area contributed by atoms with Gasteiger partial charge in [0, 0.05) is 5.22 Å². The summed E-state index contributed by atoms with van der Waals surface area (Å²) >= 11 is 1.49. The van der Waals surface area contributed by atoms with Gasteiger partial charge in [-0.3, -0.25) is 0 Å². The monoisotopic (exact) mass is 214 g/mol. The van der Waals surface area contributed by atoms with Gasteiger partial charge < -0.3 is 4.18 Å². The highest BCUT2D eigenvalue weighted by atomic mass is 32.2. The van der Waals surface area contributed by atoms with E-state index in [-0.39, 0.29) is 0 Å². The lowest BCUT2D eigenvalue weighted by Crippen LogP contribution is -2.27. The molecule has 0 bridgehead atoms. The molecule has 0 saturated heterocycles. The van der Waals surface area contributed by atoms with Crippen molar-refractivity contribution >= 4 is 23.9 Å². The molecule has 0 amide bonds. The third-order valence-electron chi connectivity index (χ3n) is 2.59. The molecular weight excluding hydrogens is 204 g/mol. The molecule has 1 aromatic carbocycles. The Kier molecular flexibility index (Phi) is 2.14. The predicted octanol–water partition coefficient (Wildman–Crippen LogP) is 1.75. The van der Waals surface area contributed by atoms with Gasteiger partial charge in [0.05, 0.1) is 17.3 Å². The summed E-state index contributed by atoms with van der Waals surface area (Å²) in [6.45, 7) is 0. The minimum atomic E-state index is 0.315. The highest BCUT2D eigenvalue weighted by molar-refractivity contribution is 7.96. The maximum absolute atomic E-state index is 5.48. The maximum Gasteiger partial charge on any atom is 0.109 e. The summed E-state index contributed by atoms with van der Waals surface area (Å²) in [4.78, 5) is 0. The number of benzene rings is 1. The third-order valence-corrected chi connectivity index (χ3v) is 3.41. The molecule has 1 aromatic rings. The lowest BCUT2D eigenvalue weighted by Gasteiger charge is -2.12. The first-order valence-electron chi connectivity index (χ1n) is 4.91. The largest absolute Gasteiger partial charge is 0.432 e. The average Bonchev–Trinajstić information content (AvgIpc) is 2.48. The average molecular weight is 214 g/mol. The van der Waals surface area contributed by atoms with Crippen LogP contribution in [0.5, 0.6) is 0 Å². The molecule has 0 radical (unpaired) electrons. The zero-order chi connectivity index (χ0) is 10.1. The second-order valence-electron chi connectivity index (χ2n) is 3.52. The SMILES string of the molecule is C1=CC2=c3ccccc3=COSC2C=C1. The Balaban J connectivity index is 2.38. The van der Waals surface area contributed by atoms with Crippen LogP contribution in [0.25, 0.3) is 11.8 Å². The van der Waals surface area contributed by atoms with Crippen molar-refractivity contribution in [3.05, 3.63) is 59.0 Å².